The third kappa shape index (κ3) is 4.07. The molecule has 2 N–H and O–H groups in total. The maximum atomic E-state index is 5.47. The molecule has 0 heterocycles. The largest absolute Gasteiger partial charge is 0.330 e. The second kappa shape index (κ2) is 6.44. The summed E-state index contributed by atoms with van der Waals surface area (Å²) in [7, 11) is 2.20. The molecule has 12 heavy (non-hydrogen) atoms. The molecule has 1 unspecified atom stereocenters. The van der Waals surface area contributed by atoms with Crippen LogP contribution in [0.1, 0.15) is 33.6 Å². The molecule has 0 spiro atoms. The molecule has 0 aromatic rings. The first-order chi connectivity index (χ1) is 5.63. The van der Waals surface area contributed by atoms with E-state index in [0.717, 1.165) is 31.5 Å². The highest BCUT2D eigenvalue weighted by atomic mass is 15.1. The van der Waals surface area contributed by atoms with Crippen LogP contribution in [0.15, 0.2) is 0 Å². The molecule has 0 bridgehead atoms. The summed E-state index contributed by atoms with van der Waals surface area (Å²) in [4.78, 5) is 2.43. The molecule has 0 rings (SSSR count). The van der Waals surface area contributed by atoms with E-state index in [2.05, 4.69) is 32.7 Å². The molecular weight excluding hydrogens is 148 g/mol. The van der Waals surface area contributed by atoms with Crippen molar-refractivity contribution in [2.75, 3.05) is 20.1 Å². The first kappa shape index (κ1) is 11.9. The van der Waals surface area contributed by atoms with E-state index in [4.69, 9.17) is 5.73 Å². The molecule has 2 nitrogen and oxygen atoms in total. The van der Waals surface area contributed by atoms with Gasteiger partial charge >= 0.3 is 0 Å². The summed E-state index contributed by atoms with van der Waals surface area (Å²) in [5.41, 5.74) is 5.47. The Morgan fingerprint density at radius 2 is 1.92 bits per heavy atom. The average Bonchev–Trinajstić information content (AvgIpc) is 2.01. The van der Waals surface area contributed by atoms with Crippen molar-refractivity contribution in [3.05, 3.63) is 0 Å². The second-order valence-electron chi connectivity index (χ2n) is 3.84. The van der Waals surface area contributed by atoms with Gasteiger partial charge in [-0.3, -0.25) is 0 Å². The van der Waals surface area contributed by atoms with Gasteiger partial charge in [0, 0.05) is 6.04 Å². The molecule has 0 aliphatic rings. The minimum Gasteiger partial charge on any atom is -0.330 e. The van der Waals surface area contributed by atoms with Gasteiger partial charge in [-0.2, -0.15) is 0 Å². The van der Waals surface area contributed by atoms with Crippen LogP contribution < -0.4 is 5.73 Å². The highest BCUT2D eigenvalue weighted by Crippen LogP contribution is 2.12. The van der Waals surface area contributed by atoms with Crippen LogP contribution in [0, 0.1) is 5.92 Å². The van der Waals surface area contributed by atoms with Crippen LogP contribution in [0.25, 0.3) is 0 Å². The third-order valence-corrected chi connectivity index (χ3v) is 2.47. The zero-order valence-electron chi connectivity index (χ0n) is 9.01. The Kier molecular flexibility index (Phi) is 6.39. The summed E-state index contributed by atoms with van der Waals surface area (Å²) in [6.07, 6.45) is 2.35. The van der Waals surface area contributed by atoms with Crippen molar-refractivity contribution < 1.29 is 0 Å². The van der Waals surface area contributed by atoms with Crippen LogP contribution in [-0.2, 0) is 0 Å². The summed E-state index contributed by atoms with van der Waals surface area (Å²) in [6.45, 7) is 8.76. The topological polar surface area (TPSA) is 29.3 Å². The molecule has 0 aromatic carbocycles. The van der Waals surface area contributed by atoms with Crippen LogP contribution in [0.3, 0.4) is 0 Å². The van der Waals surface area contributed by atoms with Gasteiger partial charge in [0.25, 0.3) is 0 Å². The zero-order valence-corrected chi connectivity index (χ0v) is 9.01. The molecule has 0 aromatic heterocycles. The SMILES string of the molecule is CCC(C(C)C)N(C)CCCN. The van der Waals surface area contributed by atoms with E-state index in [1.54, 1.807) is 0 Å². The molecule has 1 atom stereocenters. The van der Waals surface area contributed by atoms with Crippen molar-refractivity contribution in [2.45, 2.75) is 39.7 Å². The number of nitrogens with zero attached hydrogens (tertiary/aromatic N) is 1. The highest BCUT2D eigenvalue weighted by molar-refractivity contribution is 4.70. The van der Waals surface area contributed by atoms with E-state index in [9.17, 15) is 0 Å². The summed E-state index contributed by atoms with van der Waals surface area (Å²) in [5.74, 6) is 0.748. The van der Waals surface area contributed by atoms with Crippen molar-refractivity contribution in [3.63, 3.8) is 0 Å². The summed E-state index contributed by atoms with van der Waals surface area (Å²) < 4.78 is 0. The molecule has 0 aliphatic heterocycles. The highest BCUT2D eigenvalue weighted by Gasteiger charge is 2.15. The van der Waals surface area contributed by atoms with Crippen molar-refractivity contribution in [1.29, 1.82) is 0 Å². The molecule has 0 fully saturated rings. The van der Waals surface area contributed by atoms with Gasteiger partial charge in [0.15, 0.2) is 0 Å². The van der Waals surface area contributed by atoms with Gasteiger partial charge in [-0.05, 0) is 38.9 Å². The summed E-state index contributed by atoms with van der Waals surface area (Å²) >= 11 is 0. The van der Waals surface area contributed by atoms with E-state index in [0.29, 0.717) is 0 Å². The van der Waals surface area contributed by atoms with E-state index in [1.807, 2.05) is 0 Å². The van der Waals surface area contributed by atoms with Gasteiger partial charge in [0.2, 0.25) is 0 Å². The standard InChI is InChI=1S/C10H24N2/c1-5-10(9(2)3)12(4)8-6-7-11/h9-10H,5-8,11H2,1-4H3. The van der Waals surface area contributed by atoms with Gasteiger partial charge in [0.05, 0.1) is 0 Å². The molecule has 0 saturated heterocycles. The maximum absolute atomic E-state index is 5.47. The van der Waals surface area contributed by atoms with E-state index >= 15 is 0 Å². The van der Waals surface area contributed by atoms with Crippen molar-refractivity contribution in [3.8, 4) is 0 Å². The van der Waals surface area contributed by atoms with Gasteiger partial charge in [-0.1, -0.05) is 20.8 Å². The summed E-state index contributed by atoms with van der Waals surface area (Å²) in [5, 5.41) is 0. The van der Waals surface area contributed by atoms with Gasteiger partial charge < -0.3 is 10.6 Å². The minimum absolute atomic E-state index is 0.719. The summed E-state index contributed by atoms with van der Waals surface area (Å²) in [6, 6.07) is 0.719. The first-order valence-corrected chi connectivity index (χ1v) is 5.03. The van der Waals surface area contributed by atoms with Gasteiger partial charge in [0.1, 0.15) is 0 Å². The van der Waals surface area contributed by atoms with Crippen LogP contribution >= 0.6 is 0 Å². The van der Waals surface area contributed by atoms with Crippen molar-refractivity contribution >= 4 is 0 Å². The number of hydrogen-bond donors (Lipinski definition) is 1. The average molecular weight is 172 g/mol. The van der Waals surface area contributed by atoms with Crippen LogP contribution in [-0.4, -0.2) is 31.1 Å². The third-order valence-electron chi connectivity index (χ3n) is 2.47. The predicted molar refractivity (Wildman–Crippen MR) is 55.2 cm³/mol. The molecule has 74 valence electrons. The normalized spacial score (nSPS) is 14.2. The lowest BCUT2D eigenvalue weighted by molar-refractivity contribution is 0.185. The van der Waals surface area contributed by atoms with Gasteiger partial charge in [-0.15, -0.1) is 0 Å². The molecule has 0 amide bonds. The lowest BCUT2D eigenvalue weighted by Crippen LogP contribution is -2.36. The fraction of sp³-hybridized carbons (Fsp3) is 1.00. The first-order valence-electron chi connectivity index (χ1n) is 5.03. The molecular formula is C10H24N2. The van der Waals surface area contributed by atoms with E-state index < -0.39 is 0 Å². The Morgan fingerprint density at radius 1 is 1.33 bits per heavy atom. The van der Waals surface area contributed by atoms with Gasteiger partial charge in [-0.25, -0.2) is 0 Å². The molecule has 0 saturated carbocycles. The number of nitrogens with two attached hydrogens (primary N) is 1. The van der Waals surface area contributed by atoms with Crippen LogP contribution in [0.5, 0.6) is 0 Å². The lowest BCUT2D eigenvalue weighted by atomic mass is 10.0. The van der Waals surface area contributed by atoms with Crippen molar-refractivity contribution in [2.24, 2.45) is 11.7 Å². The predicted octanol–water partition coefficient (Wildman–Crippen LogP) is 1.70. The fourth-order valence-electron chi connectivity index (χ4n) is 1.80. The van der Waals surface area contributed by atoms with Crippen LogP contribution in [0.4, 0.5) is 0 Å². The zero-order chi connectivity index (χ0) is 9.56. The number of rotatable bonds is 6. The Labute approximate surface area is 77.1 Å². The maximum Gasteiger partial charge on any atom is 0.0113 e. The van der Waals surface area contributed by atoms with Crippen LogP contribution in [0.2, 0.25) is 0 Å². The number of hydrogen-bond acceptors (Lipinski definition) is 2. The lowest BCUT2D eigenvalue weighted by Gasteiger charge is -2.30. The molecule has 0 aliphatic carbocycles. The Balaban J connectivity index is 3.77. The quantitative estimate of drug-likeness (QED) is 0.661. The molecule has 2 heteroatoms. The van der Waals surface area contributed by atoms with Crippen molar-refractivity contribution in [1.82, 2.24) is 4.90 Å². The smallest absolute Gasteiger partial charge is 0.0113 e. The monoisotopic (exact) mass is 172 g/mol. The fourth-order valence-corrected chi connectivity index (χ4v) is 1.80. The molecule has 0 radical (unpaired) electrons. The Bertz CT molecular complexity index is 102. The Morgan fingerprint density at radius 3 is 2.25 bits per heavy atom. The van der Waals surface area contributed by atoms with E-state index in [-0.39, 0.29) is 0 Å². The van der Waals surface area contributed by atoms with E-state index in [1.165, 1.54) is 6.42 Å². The minimum atomic E-state index is 0.719. The second-order valence-corrected chi connectivity index (χ2v) is 3.84. The Hall–Kier alpha value is -0.0800.